The lowest BCUT2D eigenvalue weighted by Crippen LogP contribution is -2.15. The van der Waals surface area contributed by atoms with E-state index in [1.807, 2.05) is 0 Å². The molecule has 1 aromatic rings. The van der Waals surface area contributed by atoms with Gasteiger partial charge in [0.05, 0.1) is 25.5 Å². The number of aromatic nitrogens is 2. The Balaban J connectivity index is 2.01. The number of thioether (sulfide) groups is 1. The number of hydrogen-bond donors (Lipinski definition) is 0. The average molecular weight is 310 g/mol. The van der Waals surface area contributed by atoms with Crippen molar-refractivity contribution >= 4 is 18.0 Å². The molecule has 1 saturated carbocycles. The molecule has 1 aromatic heterocycles. The van der Waals surface area contributed by atoms with E-state index >= 15 is 0 Å². The van der Waals surface area contributed by atoms with E-state index in [4.69, 9.17) is 9.47 Å². The standard InChI is InChI=1S/C15H22N2O3S/c1-19-13-9-14(20-2)17-15(16-13)21-12(10-18)8-11-6-4-3-5-7-11/h9-12H,3-8H2,1-2H3. The molecule has 1 fully saturated rings. The maximum absolute atomic E-state index is 11.4. The Morgan fingerprint density at radius 1 is 1.24 bits per heavy atom. The van der Waals surface area contributed by atoms with Crippen LogP contribution in [0.1, 0.15) is 38.5 Å². The van der Waals surface area contributed by atoms with E-state index in [-0.39, 0.29) is 5.25 Å². The third-order valence-electron chi connectivity index (χ3n) is 3.78. The zero-order valence-electron chi connectivity index (χ0n) is 12.6. The molecule has 0 bridgehead atoms. The van der Waals surface area contributed by atoms with E-state index < -0.39 is 0 Å². The van der Waals surface area contributed by atoms with Gasteiger partial charge < -0.3 is 14.3 Å². The van der Waals surface area contributed by atoms with Gasteiger partial charge >= 0.3 is 0 Å². The Bertz CT molecular complexity index is 442. The number of ether oxygens (including phenoxy) is 2. The summed E-state index contributed by atoms with van der Waals surface area (Å²) in [4.78, 5) is 19.9. The lowest BCUT2D eigenvalue weighted by molar-refractivity contribution is -0.107. The fourth-order valence-corrected chi connectivity index (χ4v) is 3.64. The van der Waals surface area contributed by atoms with E-state index in [0.717, 1.165) is 12.7 Å². The van der Waals surface area contributed by atoms with E-state index in [1.165, 1.54) is 43.9 Å². The molecule has 5 nitrogen and oxygen atoms in total. The first-order valence-corrected chi connectivity index (χ1v) is 8.22. The van der Waals surface area contributed by atoms with Crippen LogP contribution in [0.2, 0.25) is 0 Å². The van der Waals surface area contributed by atoms with E-state index in [0.29, 0.717) is 22.8 Å². The smallest absolute Gasteiger partial charge is 0.220 e. The summed E-state index contributed by atoms with van der Waals surface area (Å²) in [7, 11) is 3.10. The summed E-state index contributed by atoms with van der Waals surface area (Å²) in [5.74, 6) is 1.55. The summed E-state index contributed by atoms with van der Waals surface area (Å²) in [5.41, 5.74) is 0. The fourth-order valence-electron chi connectivity index (χ4n) is 2.66. The summed E-state index contributed by atoms with van der Waals surface area (Å²) in [5, 5.41) is 0.420. The molecule has 21 heavy (non-hydrogen) atoms. The Kier molecular flexibility index (Phi) is 6.29. The highest BCUT2D eigenvalue weighted by Gasteiger charge is 2.21. The molecule has 0 saturated heterocycles. The highest BCUT2D eigenvalue weighted by molar-refractivity contribution is 8.00. The zero-order chi connectivity index (χ0) is 15.1. The predicted octanol–water partition coefficient (Wildman–Crippen LogP) is 3.12. The monoisotopic (exact) mass is 310 g/mol. The number of methoxy groups -OCH3 is 2. The minimum absolute atomic E-state index is 0.107. The molecule has 1 atom stereocenters. The van der Waals surface area contributed by atoms with Crippen molar-refractivity contribution in [3.63, 3.8) is 0 Å². The first-order valence-electron chi connectivity index (χ1n) is 7.34. The van der Waals surface area contributed by atoms with Crippen LogP contribution >= 0.6 is 11.8 Å². The van der Waals surface area contributed by atoms with Gasteiger partial charge in [-0.1, -0.05) is 43.9 Å². The van der Waals surface area contributed by atoms with Crippen molar-refractivity contribution in [2.75, 3.05) is 14.2 Å². The lowest BCUT2D eigenvalue weighted by Gasteiger charge is -2.23. The largest absolute Gasteiger partial charge is 0.481 e. The maximum Gasteiger partial charge on any atom is 0.220 e. The molecule has 1 aliphatic rings. The highest BCUT2D eigenvalue weighted by atomic mass is 32.2. The molecule has 0 amide bonds. The molecule has 116 valence electrons. The fraction of sp³-hybridized carbons (Fsp3) is 0.667. The molecule has 1 unspecified atom stereocenters. The summed E-state index contributed by atoms with van der Waals surface area (Å²) in [6.07, 6.45) is 8.26. The molecule has 6 heteroatoms. The first-order chi connectivity index (χ1) is 10.2. The summed E-state index contributed by atoms with van der Waals surface area (Å²) in [6, 6.07) is 1.63. The molecule has 0 radical (unpaired) electrons. The number of nitrogens with zero attached hydrogens (tertiary/aromatic N) is 2. The van der Waals surface area contributed by atoms with E-state index in [2.05, 4.69) is 9.97 Å². The van der Waals surface area contributed by atoms with Gasteiger partial charge in [-0.3, -0.25) is 0 Å². The predicted molar refractivity (Wildman–Crippen MR) is 82.0 cm³/mol. The van der Waals surface area contributed by atoms with E-state index in [1.54, 1.807) is 20.3 Å². The third kappa shape index (κ3) is 4.88. The minimum atomic E-state index is -0.107. The van der Waals surface area contributed by atoms with Crippen LogP contribution in [0.15, 0.2) is 11.2 Å². The molecule has 0 aromatic carbocycles. The van der Waals surface area contributed by atoms with Gasteiger partial charge in [-0.05, 0) is 12.3 Å². The molecule has 1 heterocycles. The molecular formula is C15H22N2O3S. The van der Waals surface area contributed by atoms with Gasteiger partial charge in [0.15, 0.2) is 5.16 Å². The van der Waals surface area contributed by atoms with Crippen LogP contribution in [0.4, 0.5) is 0 Å². The number of hydrogen-bond acceptors (Lipinski definition) is 6. The normalized spacial score (nSPS) is 17.2. The summed E-state index contributed by atoms with van der Waals surface area (Å²) >= 11 is 1.39. The molecular weight excluding hydrogens is 288 g/mol. The quantitative estimate of drug-likeness (QED) is 0.438. The van der Waals surface area contributed by atoms with E-state index in [9.17, 15) is 4.79 Å². The van der Waals surface area contributed by atoms with Crippen LogP contribution in [0.25, 0.3) is 0 Å². The van der Waals surface area contributed by atoms with Crippen LogP contribution in [0.3, 0.4) is 0 Å². The van der Waals surface area contributed by atoms with Crippen molar-refractivity contribution in [3.8, 4) is 11.8 Å². The van der Waals surface area contributed by atoms with Crippen LogP contribution < -0.4 is 9.47 Å². The summed E-state index contributed by atoms with van der Waals surface area (Å²) in [6.45, 7) is 0. The van der Waals surface area contributed by atoms with Gasteiger partial charge in [0.2, 0.25) is 11.8 Å². The molecule has 2 rings (SSSR count). The van der Waals surface area contributed by atoms with Crippen LogP contribution in [-0.4, -0.2) is 35.7 Å². The van der Waals surface area contributed by atoms with Gasteiger partial charge in [0.1, 0.15) is 6.29 Å². The van der Waals surface area contributed by atoms with Crippen molar-refractivity contribution in [1.29, 1.82) is 0 Å². The highest BCUT2D eigenvalue weighted by Crippen LogP contribution is 2.32. The second-order valence-electron chi connectivity index (χ2n) is 5.27. The number of carbonyl (C=O) groups is 1. The van der Waals surface area contributed by atoms with Gasteiger partial charge in [-0.15, -0.1) is 0 Å². The lowest BCUT2D eigenvalue weighted by atomic mass is 9.86. The Labute approximate surface area is 129 Å². The van der Waals surface area contributed by atoms with Crippen LogP contribution in [0, 0.1) is 5.92 Å². The summed E-state index contributed by atoms with van der Waals surface area (Å²) < 4.78 is 10.3. The maximum atomic E-state index is 11.4. The van der Waals surface area contributed by atoms with Gasteiger partial charge in [0.25, 0.3) is 0 Å². The van der Waals surface area contributed by atoms with Gasteiger partial charge in [-0.25, -0.2) is 0 Å². The first kappa shape index (κ1) is 16.1. The topological polar surface area (TPSA) is 61.3 Å². The van der Waals surface area contributed by atoms with Gasteiger partial charge in [0, 0.05) is 0 Å². The number of carbonyl (C=O) groups excluding carboxylic acids is 1. The Morgan fingerprint density at radius 3 is 2.38 bits per heavy atom. The minimum Gasteiger partial charge on any atom is -0.481 e. The van der Waals surface area contributed by atoms with Crippen LogP contribution in [0.5, 0.6) is 11.8 Å². The van der Waals surface area contributed by atoms with Crippen molar-refractivity contribution in [2.24, 2.45) is 5.92 Å². The van der Waals surface area contributed by atoms with Crippen molar-refractivity contribution < 1.29 is 14.3 Å². The van der Waals surface area contributed by atoms with Crippen LogP contribution in [-0.2, 0) is 4.79 Å². The Morgan fingerprint density at radius 2 is 1.86 bits per heavy atom. The molecule has 0 N–H and O–H groups in total. The SMILES string of the molecule is COc1cc(OC)nc(SC(C=O)CC2CCCCC2)n1. The Hall–Kier alpha value is -1.30. The molecule has 1 aliphatic carbocycles. The second kappa shape index (κ2) is 8.22. The third-order valence-corrected chi connectivity index (χ3v) is 4.78. The average Bonchev–Trinajstić information content (AvgIpc) is 2.54. The number of rotatable bonds is 7. The van der Waals surface area contributed by atoms with Gasteiger partial charge in [-0.2, -0.15) is 9.97 Å². The zero-order valence-corrected chi connectivity index (χ0v) is 13.4. The van der Waals surface area contributed by atoms with Crippen molar-refractivity contribution in [2.45, 2.75) is 48.9 Å². The van der Waals surface area contributed by atoms with Crippen molar-refractivity contribution in [1.82, 2.24) is 9.97 Å². The second-order valence-corrected chi connectivity index (χ2v) is 6.47. The number of aldehydes is 1. The molecule has 0 aliphatic heterocycles. The molecule has 0 spiro atoms. The van der Waals surface area contributed by atoms with Crippen molar-refractivity contribution in [3.05, 3.63) is 6.07 Å².